The molecule has 0 aliphatic carbocycles. The summed E-state index contributed by atoms with van der Waals surface area (Å²) in [6.07, 6.45) is 1.75. The fraction of sp³-hybridized carbons (Fsp3) is 0.250. The summed E-state index contributed by atoms with van der Waals surface area (Å²) in [4.78, 5) is 32.3. The van der Waals surface area contributed by atoms with Crippen LogP contribution in [-0.4, -0.2) is 51.5 Å². The maximum absolute atomic E-state index is 13.3. The molecule has 8 heteroatoms. The first kappa shape index (κ1) is 16.0. The number of carbonyl (C=O) groups excluding carboxylic acids is 1. The number of aromatic nitrogens is 2. The van der Waals surface area contributed by atoms with Crippen LogP contribution >= 0.6 is 0 Å². The summed E-state index contributed by atoms with van der Waals surface area (Å²) in [5.41, 5.74) is 0.478. The third-order valence-corrected chi connectivity index (χ3v) is 3.66. The van der Waals surface area contributed by atoms with E-state index in [1.165, 1.54) is 17.0 Å². The summed E-state index contributed by atoms with van der Waals surface area (Å²) in [5, 5.41) is 8.80. The Morgan fingerprint density at radius 1 is 1.25 bits per heavy atom. The minimum Gasteiger partial charge on any atom is -0.476 e. The Bertz CT molecular complexity index is 766. The van der Waals surface area contributed by atoms with E-state index in [4.69, 9.17) is 9.84 Å². The Labute approximate surface area is 136 Å². The number of carboxylic acid groups (broad SMARTS) is 1. The number of aromatic carboxylic acids is 1. The van der Waals surface area contributed by atoms with Gasteiger partial charge in [-0.1, -0.05) is 12.1 Å². The molecule has 124 valence electrons. The first-order chi connectivity index (χ1) is 11.5. The molecular formula is C16H14FN3O4. The summed E-state index contributed by atoms with van der Waals surface area (Å²) in [6, 6.07) is 6.04. The van der Waals surface area contributed by atoms with Crippen LogP contribution in [0, 0.1) is 5.82 Å². The van der Waals surface area contributed by atoms with Crippen molar-refractivity contribution < 1.29 is 23.8 Å². The Morgan fingerprint density at radius 3 is 2.67 bits per heavy atom. The van der Waals surface area contributed by atoms with Gasteiger partial charge in [0.2, 0.25) is 0 Å². The van der Waals surface area contributed by atoms with Crippen molar-refractivity contribution >= 4 is 11.9 Å². The van der Waals surface area contributed by atoms with Crippen molar-refractivity contribution in [1.82, 2.24) is 14.9 Å². The number of ether oxygens (including phenoxy) is 1. The lowest BCUT2D eigenvalue weighted by Gasteiger charge is -2.33. The highest BCUT2D eigenvalue weighted by molar-refractivity contribution is 5.92. The van der Waals surface area contributed by atoms with E-state index in [2.05, 4.69) is 9.97 Å². The van der Waals surface area contributed by atoms with Crippen LogP contribution in [0.4, 0.5) is 4.39 Å². The molecule has 0 spiro atoms. The molecule has 0 saturated carbocycles. The standard InChI is InChI=1S/C16H14FN3O4/c17-11-3-1-2-10(6-11)14-9-20(4-5-24-14)15(21)12-7-19-13(8-18-12)16(22)23/h1-3,6-8,14H,4-5,9H2,(H,22,23). The van der Waals surface area contributed by atoms with Crippen molar-refractivity contribution in [3.8, 4) is 0 Å². The molecule has 0 radical (unpaired) electrons. The second-order valence-electron chi connectivity index (χ2n) is 5.26. The fourth-order valence-corrected chi connectivity index (χ4v) is 2.45. The first-order valence-corrected chi connectivity index (χ1v) is 7.26. The molecule has 7 nitrogen and oxygen atoms in total. The monoisotopic (exact) mass is 331 g/mol. The van der Waals surface area contributed by atoms with E-state index in [1.807, 2.05) is 0 Å². The third-order valence-electron chi connectivity index (χ3n) is 3.66. The number of carboxylic acids is 1. The van der Waals surface area contributed by atoms with Crippen molar-refractivity contribution in [3.05, 3.63) is 59.4 Å². The number of carbonyl (C=O) groups is 2. The number of amides is 1. The normalized spacial score (nSPS) is 17.5. The van der Waals surface area contributed by atoms with Crippen LogP contribution in [0.25, 0.3) is 0 Å². The van der Waals surface area contributed by atoms with E-state index in [9.17, 15) is 14.0 Å². The molecule has 1 aliphatic heterocycles. The first-order valence-electron chi connectivity index (χ1n) is 7.26. The highest BCUT2D eigenvalue weighted by Gasteiger charge is 2.27. The lowest BCUT2D eigenvalue weighted by molar-refractivity contribution is -0.0231. The highest BCUT2D eigenvalue weighted by atomic mass is 19.1. The molecule has 1 N–H and O–H groups in total. The zero-order valence-electron chi connectivity index (χ0n) is 12.6. The summed E-state index contributed by atoms with van der Waals surface area (Å²) in [6.45, 7) is 0.936. The summed E-state index contributed by atoms with van der Waals surface area (Å²) < 4.78 is 19.0. The van der Waals surface area contributed by atoms with E-state index in [-0.39, 0.29) is 29.7 Å². The predicted molar refractivity (Wildman–Crippen MR) is 80.0 cm³/mol. The number of morpholine rings is 1. The van der Waals surface area contributed by atoms with Crippen molar-refractivity contribution in [2.45, 2.75) is 6.10 Å². The molecule has 1 fully saturated rings. The number of nitrogens with zero attached hydrogens (tertiary/aromatic N) is 3. The smallest absolute Gasteiger partial charge is 0.356 e. The summed E-state index contributed by atoms with van der Waals surface area (Å²) in [5.74, 6) is -1.95. The average Bonchev–Trinajstić information content (AvgIpc) is 2.61. The van der Waals surface area contributed by atoms with E-state index in [0.29, 0.717) is 18.7 Å². The quantitative estimate of drug-likeness (QED) is 0.917. The van der Waals surface area contributed by atoms with Crippen molar-refractivity contribution in [2.75, 3.05) is 19.7 Å². The van der Waals surface area contributed by atoms with E-state index >= 15 is 0 Å². The van der Waals surface area contributed by atoms with Crippen molar-refractivity contribution in [1.29, 1.82) is 0 Å². The molecule has 1 amide bonds. The van der Waals surface area contributed by atoms with Gasteiger partial charge in [0.05, 0.1) is 25.5 Å². The van der Waals surface area contributed by atoms with Gasteiger partial charge in [-0.2, -0.15) is 0 Å². The van der Waals surface area contributed by atoms with Gasteiger partial charge in [-0.25, -0.2) is 19.2 Å². The molecule has 1 saturated heterocycles. The van der Waals surface area contributed by atoms with Crippen LogP contribution in [0.15, 0.2) is 36.7 Å². The number of halogens is 1. The van der Waals surface area contributed by atoms with Gasteiger partial charge in [0.15, 0.2) is 5.69 Å². The lowest BCUT2D eigenvalue weighted by Crippen LogP contribution is -2.42. The van der Waals surface area contributed by atoms with Crippen LogP contribution in [0.1, 0.15) is 32.6 Å². The molecule has 0 bridgehead atoms. The van der Waals surface area contributed by atoms with Crippen LogP contribution in [-0.2, 0) is 4.74 Å². The number of hydrogen-bond acceptors (Lipinski definition) is 5. The van der Waals surface area contributed by atoms with Gasteiger partial charge >= 0.3 is 5.97 Å². The highest BCUT2D eigenvalue weighted by Crippen LogP contribution is 2.23. The molecule has 2 heterocycles. The Balaban J connectivity index is 1.74. The molecular weight excluding hydrogens is 317 g/mol. The van der Waals surface area contributed by atoms with Crippen LogP contribution in [0.5, 0.6) is 0 Å². The van der Waals surface area contributed by atoms with Crippen molar-refractivity contribution in [2.24, 2.45) is 0 Å². The SMILES string of the molecule is O=C(O)c1cnc(C(=O)N2CCOC(c3cccc(F)c3)C2)cn1. The maximum Gasteiger partial charge on any atom is 0.356 e. The van der Waals surface area contributed by atoms with Gasteiger partial charge in [0, 0.05) is 6.54 Å². The second-order valence-corrected chi connectivity index (χ2v) is 5.26. The summed E-state index contributed by atoms with van der Waals surface area (Å²) in [7, 11) is 0. The van der Waals surface area contributed by atoms with Gasteiger partial charge in [0.25, 0.3) is 5.91 Å². The van der Waals surface area contributed by atoms with Gasteiger partial charge in [-0.05, 0) is 17.7 Å². The van der Waals surface area contributed by atoms with E-state index < -0.39 is 12.1 Å². The van der Waals surface area contributed by atoms with E-state index in [1.54, 1.807) is 12.1 Å². The molecule has 1 aromatic heterocycles. The Kier molecular flexibility index (Phi) is 4.48. The topological polar surface area (TPSA) is 92.6 Å². The number of hydrogen-bond donors (Lipinski definition) is 1. The van der Waals surface area contributed by atoms with Gasteiger partial charge in [-0.3, -0.25) is 4.79 Å². The van der Waals surface area contributed by atoms with Crippen LogP contribution in [0.3, 0.4) is 0 Å². The molecule has 1 aromatic carbocycles. The number of rotatable bonds is 3. The third kappa shape index (κ3) is 3.38. The second kappa shape index (κ2) is 6.71. The van der Waals surface area contributed by atoms with Gasteiger partial charge in [0.1, 0.15) is 17.6 Å². The molecule has 1 atom stereocenters. The largest absolute Gasteiger partial charge is 0.476 e. The average molecular weight is 331 g/mol. The lowest BCUT2D eigenvalue weighted by atomic mass is 10.1. The molecule has 1 unspecified atom stereocenters. The Hall–Kier alpha value is -2.87. The maximum atomic E-state index is 13.3. The fourth-order valence-electron chi connectivity index (χ4n) is 2.45. The van der Waals surface area contributed by atoms with Crippen LogP contribution < -0.4 is 0 Å². The predicted octanol–water partition coefficient (Wildman–Crippen LogP) is 1.53. The van der Waals surface area contributed by atoms with Gasteiger partial charge in [-0.15, -0.1) is 0 Å². The van der Waals surface area contributed by atoms with Crippen LogP contribution in [0.2, 0.25) is 0 Å². The zero-order valence-corrected chi connectivity index (χ0v) is 12.6. The minimum absolute atomic E-state index is 0.0555. The van der Waals surface area contributed by atoms with Crippen molar-refractivity contribution in [3.63, 3.8) is 0 Å². The molecule has 24 heavy (non-hydrogen) atoms. The van der Waals surface area contributed by atoms with E-state index in [0.717, 1.165) is 12.4 Å². The summed E-state index contributed by atoms with van der Waals surface area (Å²) >= 11 is 0. The molecule has 1 aliphatic rings. The number of benzene rings is 1. The minimum atomic E-state index is -1.21. The molecule has 3 rings (SSSR count). The Morgan fingerprint density at radius 2 is 2.00 bits per heavy atom. The molecule has 2 aromatic rings. The van der Waals surface area contributed by atoms with Gasteiger partial charge < -0.3 is 14.7 Å². The zero-order chi connectivity index (χ0) is 17.1.